The second-order valence-electron chi connectivity index (χ2n) is 9.47. The molecule has 1 amide bonds. The van der Waals surface area contributed by atoms with Crippen molar-refractivity contribution in [2.24, 2.45) is 0 Å². The fourth-order valence-electron chi connectivity index (χ4n) is 4.49. The minimum absolute atomic E-state index is 0.105. The number of rotatable bonds is 8. The van der Waals surface area contributed by atoms with Crippen molar-refractivity contribution in [2.75, 3.05) is 13.1 Å². The van der Waals surface area contributed by atoms with Gasteiger partial charge in [0.05, 0.1) is 11.0 Å². The lowest BCUT2D eigenvalue weighted by molar-refractivity contribution is -0.123. The van der Waals surface area contributed by atoms with Gasteiger partial charge in [-0.15, -0.1) is 0 Å². The number of nitrogens with one attached hydrogen (secondary N) is 1. The van der Waals surface area contributed by atoms with Crippen LogP contribution in [0.15, 0.2) is 59.6 Å². The van der Waals surface area contributed by atoms with Gasteiger partial charge in [-0.3, -0.25) is 4.79 Å². The molecule has 1 atom stereocenters. The maximum atomic E-state index is 13.2. The molecule has 2 heterocycles. The summed E-state index contributed by atoms with van der Waals surface area (Å²) in [6.07, 6.45) is 5.91. The molecule has 0 saturated carbocycles. The Morgan fingerprint density at radius 1 is 0.971 bits per heavy atom. The first kappa shape index (κ1) is 25.3. The maximum absolute atomic E-state index is 13.2. The number of fused-ring (bicyclic) bond motifs is 1. The quantitative estimate of drug-likeness (QED) is 0.481. The first-order valence-electron chi connectivity index (χ1n) is 12.4. The molecule has 0 unspecified atom stereocenters. The van der Waals surface area contributed by atoms with Crippen LogP contribution in [0.1, 0.15) is 58.1 Å². The van der Waals surface area contributed by atoms with Crippen molar-refractivity contribution in [2.45, 2.75) is 70.0 Å². The molecule has 0 bridgehead atoms. The van der Waals surface area contributed by atoms with Crippen molar-refractivity contribution in [1.82, 2.24) is 14.2 Å². The fourth-order valence-corrected chi connectivity index (χ4v) is 6.05. The Morgan fingerprint density at radius 2 is 1.66 bits per heavy atom. The first-order valence-corrected chi connectivity index (χ1v) is 13.8. The SMILES string of the molecule is CC(C)Oc1ccc(CNC(=O)[C@@H](C)n2ccc3cc(S(=O)(=O)N4CCCCCC4)ccc32)cc1. The second-order valence-corrected chi connectivity index (χ2v) is 11.4. The van der Waals surface area contributed by atoms with Crippen LogP contribution in [0.4, 0.5) is 0 Å². The number of sulfonamides is 1. The van der Waals surface area contributed by atoms with Crippen LogP contribution in [-0.4, -0.2) is 42.4 Å². The molecule has 1 fully saturated rings. The Bertz CT molecular complexity index is 1260. The van der Waals surface area contributed by atoms with Crippen molar-refractivity contribution in [1.29, 1.82) is 0 Å². The summed E-state index contributed by atoms with van der Waals surface area (Å²) >= 11 is 0. The average molecular weight is 498 g/mol. The highest BCUT2D eigenvalue weighted by molar-refractivity contribution is 7.89. The van der Waals surface area contributed by atoms with E-state index in [4.69, 9.17) is 4.74 Å². The summed E-state index contributed by atoms with van der Waals surface area (Å²) in [7, 11) is -3.52. The lowest BCUT2D eigenvalue weighted by Gasteiger charge is -2.20. The highest BCUT2D eigenvalue weighted by atomic mass is 32.2. The molecule has 4 rings (SSSR count). The largest absolute Gasteiger partial charge is 0.491 e. The first-order chi connectivity index (χ1) is 16.8. The molecule has 0 spiro atoms. The highest BCUT2D eigenvalue weighted by Crippen LogP contribution is 2.26. The zero-order valence-corrected chi connectivity index (χ0v) is 21.6. The van der Waals surface area contributed by atoms with Crippen LogP contribution < -0.4 is 10.1 Å². The summed E-state index contributed by atoms with van der Waals surface area (Å²) in [5.74, 6) is 0.700. The number of aromatic nitrogens is 1. The standard InChI is InChI=1S/C27H35N3O4S/c1-20(2)34-24-10-8-22(9-11-24)19-28-27(31)21(3)30-17-14-23-18-25(12-13-26(23)30)35(32,33)29-15-6-4-5-7-16-29/h8-14,17-18,20-21H,4-7,15-16,19H2,1-3H3,(H,28,31)/t21-/m1/s1. The molecule has 0 aliphatic carbocycles. The van der Waals surface area contributed by atoms with Crippen molar-refractivity contribution in [3.05, 3.63) is 60.3 Å². The molecular weight excluding hydrogens is 462 g/mol. The minimum atomic E-state index is -3.52. The van der Waals surface area contributed by atoms with Crippen LogP contribution in [0.3, 0.4) is 0 Å². The van der Waals surface area contributed by atoms with E-state index in [1.165, 1.54) is 0 Å². The molecule has 2 aromatic carbocycles. The summed E-state index contributed by atoms with van der Waals surface area (Å²) in [5, 5.41) is 3.80. The normalized spacial score (nSPS) is 16.2. The smallest absolute Gasteiger partial charge is 0.243 e. The lowest BCUT2D eigenvalue weighted by atomic mass is 10.2. The van der Waals surface area contributed by atoms with Gasteiger partial charge in [0.1, 0.15) is 11.8 Å². The van der Waals surface area contributed by atoms with Crippen LogP contribution in [-0.2, 0) is 21.4 Å². The minimum Gasteiger partial charge on any atom is -0.491 e. The third-order valence-corrected chi connectivity index (χ3v) is 8.35. The molecule has 1 saturated heterocycles. The predicted octanol–water partition coefficient (Wildman–Crippen LogP) is 4.87. The third kappa shape index (κ3) is 5.87. The van der Waals surface area contributed by atoms with Gasteiger partial charge in [0.25, 0.3) is 0 Å². The number of hydrogen-bond acceptors (Lipinski definition) is 4. The van der Waals surface area contributed by atoms with E-state index in [-0.39, 0.29) is 12.0 Å². The molecule has 1 aliphatic rings. The van der Waals surface area contributed by atoms with E-state index in [0.717, 1.165) is 47.9 Å². The molecule has 0 radical (unpaired) electrons. The Kier molecular flexibility index (Phi) is 7.82. The summed E-state index contributed by atoms with van der Waals surface area (Å²) in [6, 6.07) is 14.3. The highest BCUT2D eigenvalue weighted by Gasteiger charge is 2.26. The van der Waals surface area contributed by atoms with Crippen LogP contribution >= 0.6 is 0 Å². The van der Waals surface area contributed by atoms with Gasteiger partial charge in [-0.1, -0.05) is 25.0 Å². The number of carbonyl (C=O) groups is 1. The van der Waals surface area contributed by atoms with Gasteiger partial charge in [-0.2, -0.15) is 4.31 Å². The van der Waals surface area contributed by atoms with Gasteiger partial charge < -0.3 is 14.6 Å². The fraction of sp³-hybridized carbons (Fsp3) is 0.444. The summed E-state index contributed by atoms with van der Waals surface area (Å²) in [4.78, 5) is 13.2. The second kappa shape index (κ2) is 10.8. The Morgan fingerprint density at radius 3 is 2.31 bits per heavy atom. The zero-order chi connectivity index (χ0) is 25.0. The topological polar surface area (TPSA) is 80.6 Å². The van der Waals surface area contributed by atoms with Gasteiger partial charge in [-0.25, -0.2) is 8.42 Å². The average Bonchev–Trinajstić information content (AvgIpc) is 3.06. The van der Waals surface area contributed by atoms with Crippen molar-refractivity contribution < 1.29 is 17.9 Å². The Labute approximate surface area is 208 Å². The van der Waals surface area contributed by atoms with Gasteiger partial charge in [0, 0.05) is 36.7 Å². The van der Waals surface area contributed by atoms with Crippen molar-refractivity contribution in [3.63, 3.8) is 0 Å². The van der Waals surface area contributed by atoms with Gasteiger partial charge in [0.15, 0.2) is 0 Å². The number of amides is 1. The van der Waals surface area contributed by atoms with Crippen molar-refractivity contribution >= 4 is 26.8 Å². The summed E-state index contributed by atoms with van der Waals surface area (Å²) in [5.41, 5.74) is 1.82. The van der Waals surface area contributed by atoms with Crippen molar-refractivity contribution in [3.8, 4) is 5.75 Å². The molecular formula is C27H35N3O4S. The Hall–Kier alpha value is -2.84. The summed E-state index contributed by atoms with van der Waals surface area (Å²) < 4.78 is 35.5. The van der Waals surface area contributed by atoms with E-state index in [1.807, 2.05) is 61.9 Å². The predicted molar refractivity (Wildman–Crippen MR) is 138 cm³/mol. The third-order valence-electron chi connectivity index (χ3n) is 6.45. The van der Waals surface area contributed by atoms with E-state index in [0.29, 0.717) is 24.5 Å². The van der Waals surface area contributed by atoms with E-state index in [1.54, 1.807) is 22.5 Å². The maximum Gasteiger partial charge on any atom is 0.243 e. The van der Waals surface area contributed by atoms with Crippen LogP contribution in [0.5, 0.6) is 5.75 Å². The van der Waals surface area contributed by atoms with Crippen LogP contribution in [0.25, 0.3) is 10.9 Å². The van der Waals surface area contributed by atoms with Gasteiger partial charge in [-0.05, 0) is 75.6 Å². The molecule has 7 nitrogen and oxygen atoms in total. The number of ether oxygens (including phenoxy) is 1. The molecule has 8 heteroatoms. The monoisotopic (exact) mass is 497 g/mol. The van der Waals surface area contributed by atoms with E-state index >= 15 is 0 Å². The summed E-state index contributed by atoms with van der Waals surface area (Å²) in [6.45, 7) is 7.38. The number of benzene rings is 2. The number of nitrogens with zero attached hydrogens (tertiary/aromatic N) is 2. The van der Waals surface area contributed by atoms with Gasteiger partial charge >= 0.3 is 0 Å². The Balaban J connectivity index is 1.44. The number of carbonyl (C=O) groups excluding carboxylic acids is 1. The molecule has 35 heavy (non-hydrogen) atoms. The van der Waals surface area contributed by atoms with Gasteiger partial charge in [0.2, 0.25) is 15.9 Å². The molecule has 1 N–H and O–H groups in total. The number of hydrogen-bond donors (Lipinski definition) is 1. The molecule has 1 aromatic heterocycles. The molecule has 1 aliphatic heterocycles. The lowest BCUT2D eigenvalue weighted by Crippen LogP contribution is -2.32. The molecule has 3 aromatic rings. The van der Waals surface area contributed by atoms with E-state index < -0.39 is 16.1 Å². The zero-order valence-electron chi connectivity index (χ0n) is 20.7. The van der Waals surface area contributed by atoms with E-state index in [9.17, 15) is 13.2 Å². The van der Waals surface area contributed by atoms with Crippen LogP contribution in [0, 0.1) is 0 Å². The molecule has 188 valence electrons. The van der Waals surface area contributed by atoms with E-state index in [2.05, 4.69) is 5.32 Å². The van der Waals surface area contributed by atoms with Crippen LogP contribution in [0.2, 0.25) is 0 Å².